The van der Waals surface area contributed by atoms with Crippen LogP contribution in [0.2, 0.25) is 0 Å². The van der Waals surface area contributed by atoms with E-state index in [9.17, 15) is 0 Å². The second kappa shape index (κ2) is 4.62. The Morgan fingerprint density at radius 2 is 1.24 bits per heavy atom. The molecule has 0 bridgehead atoms. The lowest BCUT2D eigenvalue weighted by Crippen LogP contribution is -2.38. The van der Waals surface area contributed by atoms with Crippen LogP contribution in [-0.2, 0) is 5.54 Å². The van der Waals surface area contributed by atoms with Crippen molar-refractivity contribution in [3.05, 3.63) is 66.2 Å². The molecule has 2 rings (SSSR count). The van der Waals surface area contributed by atoms with Crippen LogP contribution in [0.5, 0.6) is 0 Å². The minimum atomic E-state index is -0.0113. The van der Waals surface area contributed by atoms with Gasteiger partial charge in [0, 0.05) is 12.7 Å². The second-order valence-electron chi connectivity index (χ2n) is 4.82. The lowest BCUT2D eigenvalue weighted by Gasteiger charge is -2.38. The fourth-order valence-electron chi connectivity index (χ4n) is 2.01. The van der Waals surface area contributed by atoms with E-state index in [0.29, 0.717) is 0 Å². The van der Waals surface area contributed by atoms with Gasteiger partial charge in [0.15, 0.2) is 0 Å². The van der Waals surface area contributed by atoms with Crippen LogP contribution in [0.15, 0.2) is 60.7 Å². The molecule has 0 aliphatic heterocycles. The first-order valence-corrected chi connectivity index (χ1v) is 5.97. The van der Waals surface area contributed by atoms with Crippen molar-refractivity contribution >= 4 is 5.69 Å². The van der Waals surface area contributed by atoms with Crippen molar-refractivity contribution in [2.75, 3.05) is 11.9 Å². The van der Waals surface area contributed by atoms with E-state index in [1.807, 2.05) is 6.07 Å². The molecule has 0 aliphatic rings. The van der Waals surface area contributed by atoms with Crippen LogP contribution in [0.3, 0.4) is 0 Å². The summed E-state index contributed by atoms with van der Waals surface area (Å²) in [5, 5.41) is 0. The van der Waals surface area contributed by atoms with Gasteiger partial charge in [-0.1, -0.05) is 48.5 Å². The number of hydrogen-bond acceptors (Lipinski definition) is 1. The maximum atomic E-state index is 2.31. The first-order valence-electron chi connectivity index (χ1n) is 5.97. The fourth-order valence-corrected chi connectivity index (χ4v) is 2.01. The highest BCUT2D eigenvalue weighted by Crippen LogP contribution is 2.30. The molecule has 0 unspecified atom stereocenters. The predicted octanol–water partition coefficient (Wildman–Crippen LogP) is 4.06. The number of rotatable bonds is 3. The summed E-state index contributed by atoms with van der Waals surface area (Å²) in [7, 11) is 2.14. The van der Waals surface area contributed by atoms with Crippen molar-refractivity contribution in [3.63, 3.8) is 0 Å². The summed E-state index contributed by atoms with van der Waals surface area (Å²) in [6.45, 7) is 4.49. The summed E-state index contributed by atoms with van der Waals surface area (Å²) in [6.07, 6.45) is 0. The molecule has 0 fully saturated rings. The Morgan fingerprint density at radius 1 is 0.765 bits per heavy atom. The van der Waals surface area contributed by atoms with E-state index in [1.165, 1.54) is 11.3 Å². The normalized spacial score (nSPS) is 11.2. The van der Waals surface area contributed by atoms with Crippen LogP contribution in [0.25, 0.3) is 0 Å². The molecule has 0 amide bonds. The Morgan fingerprint density at radius 3 is 1.76 bits per heavy atom. The Labute approximate surface area is 104 Å². The standard InChI is InChI=1S/C16H19N/c1-16(2,14-10-6-4-7-11-14)17(3)15-12-8-5-9-13-15/h4-13H,1-3H3. The van der Waals surface area contributed by atoms with Gasteiger partial charge in [0.05, 0.1) is 5.54 Å². The summed E-state index contributed by atoms with van der Waals surface area (Å²) in [6, 6.07) is 21.1. The Bertz CT molecular complexity index is 459. The van der Waals surface area contributed by atoms with Crippen molar-refractivity contribution in [2.45, 2.75) is 19.4 Å². The van der Waals surface area contributed by atoms with E-state index in [4.69, 9.17) is 0 Å². The van der Waals surface area contributed by atoms with Crippen molar-refractivity contribution in [2.24, 2.45) is 0 Å². The van der Waals surface area contributed by atoms with E-state index in [1.54, 1.807) is 0 Å². The Hall–Kier alpha value is -1.76. The maximum Gasteiger partial charge on any atom is 0.0594 e. The zero-order valence-electron chi connectivity index (χ0n) is 10.7. The van der Waals surface area contributed by atoms with Gasteiger partial charge in [-0.25, -0.2) is 0 Å². The third-order valence-electron chi connectivity index (χ3n) is 3.46. The van der Waals surface area contributed by atoms with Gasteiger partial charge >= 0.3 is 0 Å². The van der Waals surface area contributed by atoms with E-state index in [2.05, 4.69) is 80.4 Å². The smallest absolute Gasteiger partial charge is 0.0594 e. The van der Waals surface area contributed by atoms with Crippen molar-refractivity contribution in [1.82, 2.24) is 0 Å². The molecule has 1 heteroatoms. The Balaban J connectivity index is 2.33. The van der Waals surface area contributed by atoms with Crippen molar-refractivity contribution in [3.8, 4) is 0 Å². The minimum Gasteiger partial charge on any atom is -0.365 e. The molecular formula is C16H19N. The van der Waals surface area contributed by atoms with Gasteiger partial charge in [-0.15, -0.1) is 0 Å². The molecule has 1 nitrogen and oxygen atoms in total. The molecule has 0 atom stereocenters. The largest absolute Gasteiger partial charge is 0.365 e. The van der Waals surface area contributed by atoms with Gasteiger partial charge in [0.2, 0.25) is 0 Å². The van der Waals surface area contributed by atoms with Gasteiger partial charge in [-0.05, 0) is 31.5 Å². The van der Waals surface area contributed by atoms with Crippen LogP contribution < -0.4 is 4.90 Å². The molecule has 2 aromatic carbocycles. The van der Waals surface area contributed by atoms with E-state index < -0.39 is 0 Å². The molecule has 0 heterocycles. The zero-order chi connectivity index (χ0) is 12.3. The van der Waals surface area contributed by atoms with Gasteiger partial charge in [-0.3, -0.25) is 0 Å². The molecule has 2 aromatic rings. The van der Waals surface area contributed by atoms with Gasteiger partial charge in [-0.2, -0.15) is 0 Å². The number of para-hydroxylation sites is 1. The molecule has 0 spiro atoms. The summed E-state index contributed by atoms with van der Waals surface area (Å²) < 4.78 is 0. The lowest BCUT2D eigenvalue weighted by atomic mass is 9.92. The first kappa shape index (κ1) is 11.7. The molecular weight excluding hydrogens is 206 g/mol. The highest BCUT2D eigenvalue weighted by molar-refractivity contribution is 5.49. The zero-order valence-corrected chi connectivity index (χ0v) is 10.7. The van der Waals surface area contributed by atoms with Crippen molar-refractivity contribution in [1.29, 1.82) is 0 Å². The second-order valence-corrected chi connectivity index (χ2v) is 4.82. The third kappa shape index (κ3) is 2.33. The van der Waals surface area contributed by atoms with Crippen LogP contribution >= 0.6 is 0 Å². The summed E-state index contributed by atoms with van der Waals surface area (Å²) in [5.41, 5.74) is 2.55. The van der Waals surface area contributed by atoms with E-state index >= 15 is 0 Å². The Kier molecular flexibility index (Phi) is 3.19. The quantitative estimate of drug-likeness (QED) is 0.761. The number of benzene rings is 2. The average Bonchev–Trinajstić information content (AvgIpc) is 2.40. The maximum absolute atomic E-state index is 2.31. The van der Waals surface area contributed by atoms with Gasteiger partial charge < -0.3 is 4.90 Å². The van der Waals surface area contributed by atoms with Crippen LogP contribution in [0.4, 0.5) is 5.69 Å². The minimum absolute atomic E-state index is 0.0113. The van der Waals surface area contributed by atoms with Gasteiger partial charge in [0.1, 0.15) is 0 Å². The molecule has 0 N–H and O–H groups in total. The summed E-state index contributed by atoms with van der Waals surface area (Å²) in [4.78, 5) is 2.31. The summed E-state index contributed by atoms with van der Waals surface area (Å²) in [5.74, 6) is 0. The van der Waals surface area contributed by atoms with Crippen LogP contribution in [0, 0.1) is 0 Å². The van der Waals surface area contributed by atoms with Crippen molar-refractivity contribution < 1.29 is 0 Å². The molecule has 0 radical (unpaired) electrons. The van der Waals surface area contributed by atoms with Crippen LogP contribution in [-0.4, -0.2) is 7.05 Å². The fraction of sp³-hybridized carbons (Fsp3) is 0.250. The number of anilines is 1. The van der Waals surface area contributed by atoms with E-state index in [0.717, 1.165) is 0 Å². The number of hydrogen-bond donors (Lipinski definition) is 0. The molecule has 0 aliphatic carbocycles. The highest BCUT2D eigenvalue weighted by atomic mass is 15.2. The van der Waals surface area contributed by atoms with Gasteiger partial charge in [0.25, 0.3) is 0 Å². The SMILES string of the molecule is CN(c1ccccc1)C(C)(C)c1ccccc1. The first-order chi connectivity index (χ1) is 8.12. The third-order valence-corrected chi connectivity index (χ3v) is 3.46. The molecule has 0 saturated heterocycles. The predicted molar refractivity (Wildman–Crippen MR) is 74.3 cm³/mol. The molecule has 88 valence electrons. The lowest BCUT2D eigenvalue weighted by molar-refractivity contribution is 0.514. The molecule has 17 heavy (non-hydrogen) atoms. The summed E-state index contributed by atoms with van der Waals surface area (Å²) >= 11 is 0. The average molecular weight is 225 g/mol. The monoisotopic (exact) mass is 225 g/mol. The van der Waals surface area contributed by atoms with Crippen LogP contribution in [0.1, 0.15) is 19.4 Å². The molecule has 0 saturated carbocycles. The highest BCUT2D eigenvalue weighted by Gasteiger charge is 2.25. The number of nitrogens with zero attached hydrogens (tertiary/aromatic N) is 1. The topological polar surface area (TPSA) is 3.24 Å². The molecule has 0 aromatic heterocycles. The van der Waals surface area contributed by atoms with E-state index in [-0.39, 0.29) is 5.54 Å².